The highest BCUT2D eigenvalue weighted by Crippen LogP contribution is 2.35. The summed E-state index contributed by atoms with van der Waals surface area (Å²) in [5.41, 5.74) is 2.54. The molecule has 7 heteroatoms. The summed E-state index contributed by atoms with van der Waals surface area (Å²) in [7, 11) is 2.01. The molecule has 0 aliphatic heterocycles. The molecule has 1 saturated carbocycles. The Bertz CT molecular complexity index is 898. The first kappa shape index (κ1) is 17.5. The number of hydrogen-bond acceptors (Lipinski definition) is 5. The van der Waals surface area contributed by atoms with Gasteiger partial charge in [0.25, 0.3) is 5.91 Å². The molecule has 1 fully saturated rings. The zero-order chi connectivity index (χ0) is 18.6. The fraction of sp³-hybridized carbons (Fsp3) is 0.350. The molecule has 0 atom stereocenters. The van der Waals surface area contributed by atoms with Crippen LogP contribution in [0.2, 0.25) is 0 Å². The minimum Gasteiger partial charge on any atom is -0.359 e. The normalized spacial score (nSPS) is 13.9. The maximum Gasteiger partial charge on any atom is 0.273 e. The minimum atomic E-state index is -0.237. The molecular weight excluding hydrogens is 342 g/mol. The van der Waals surface area contributed by atoms with Gasteiger partial charge in [0.2, 0.25) is 0 Å². The summed E-state index contributed by atoms with van der Waals surface area (Å²) in [4.78, 5) is 18.6. The maximum absolute atomic E-state index is 12.3. The van der Waals surface area contributed by atoms with Crippen molar-refractivity contribution in [3.05, 3.63) is 71.6 Å². The van der Waals surface area contributed by atoms with Crippen molar-refractivity contribution in [2.45, 2.75) is 38.5 Å². The molecule has 0 radical (unpaired) electrons. The van der Waals surface area contributed by atoms with Crippen LogP contribution < -0.4 is 5.32 Å². The van der Waals surface area contributed by atoms with Gasteiger partial charge in [-0.05, 0) is 25.5 Å². The monoisotopic (exact) mass is 365 g/mol. The SMILES string of the molecule is CN(Cc1ccccc1)Cc1cc(C(=O)NCc2cncn2C2CC2)no1. The lowest BCUT2D eigenvalue weighted by molar-refractivity contribution is 0.0940. The molecule has 3 aromatic rings. The van der Waals surface area contributed by atoms with Gasteiger partial charge in [0, 0.05) is 24.8 Å². The average Bonchev–Trinajstić information content (AvgIpc) is 3.22. The van der Waals surface area contributed by atoms with Crippen molar-refractivity contribution < 1.29 is 9.32 Å². The first-order valence-corrected chi connectivity index (χ1v) is 9.16. The number of amides is 1. The number of nitrogens with zero attached hydrogens (tertiary/aromatic N) is 4. The van der Waals surface area contributed by atoms with E-state index in [4.69, 9.17) is 4.52 Å². The standard InChI is InChI=1S/C20H23N5O2/c1-24(12-15-5-3-2-4-6-15)13-18-9-19(23-27-18)20(26)22-11-17-10-21-14-25(17)16-7-8-16/h2-6,9-10,14,16H,7-8,11-13H2,1H3,(H,22,26). The molecule has 0 bridgehead atoms. The molecular formula is C20H23N5O2. The molecule has 2 aromatic heterocycles. The van der Waals surface area contributed by atoms with E-state index >= 15 is 0 Å². The predicted octanol–water partition coefficient (Wildman–Crippen LogP) is 2.77. The number of hydrogen-bond donors (Lipinski definition) is 1. The highest BCUT2D eigenvalue weighted by molar-refractivity contribution is 5.92. The topological polar surface area (TPSA) is 76.2 Å². The number of benzene rings is 1. The second kappa shape index (κ2) is 7.75. The molecule has 4 rings (SSSR count). The Kier molecular flexibility index (Phi) is 5.02. The molecule has 1 aliphatic rings. The van der Waals surface area contributed by atoms with Crippen LogP contribution in [-0.2, 0) is 19.6 Å². The maximum atomic E-state index is 12.3. The molecule has 0 unspecified atom stereocenters. The van der Waals surface area contributed by atoms with Crippen molar-refractivity contribution in [3.8, 4) is 0 Å². The minimum absolute atomic E-state index is 0.237. The highest BCUT2D eigenvalue weighted by Gasteiger charge is 2.25. The largest absolute Gasteiger partial charge is 0.359 e. The Morgan fingerprint density at radius 1 is 1.30 bits per heavy atom. The number of rotatable bonds is 8. The number of imidazole rings is 1. The predicted molar refractivity (Wildman–Crippen MR) is 99.8 cm³/mol. The summed E-state index contributed by atoms with van der Waals surface area (Å²) in [5, 5.41) is 6.80. The number of nitrogens with one attached hydrogen (secondary N) is 1. The van der Waals surface area contributed by atoms with Crippen LogP contribution in [0.25, 0.3) is 0 Å². The van der Waals surface area contributed by atoms with Gasteiger partial charge in [-0.2, -0.15) is 0 Å². The van der Waals surface area contributed by atoms with Crippen LogP contribution in [0.4, 0.5) is 0 Å². The van der Waals surface area contributed by atoms with E-state index in [1.807, 2.05) is 31.6 Å². The van der Waals surface area contributed by atoms with Crippen molar-refractivity contribution >= 4 is 5.91 Å². The van der Waals surface area contributed by atoms with Crippen molar-refractivity contribution in [1.29, 1.82) is 0 Å². The molecule has 2 heterocycles. The van der Waals surface area contributed by atoms with Gasteiger partial charge in [-0.25, -0.2) is 4.98 Å². The van der Waals surface area contributed by atoms with Gasteiger partial charge >= 0.3 is 0 Å². The fourth-order valence-electron chi connectivity index (χ4n) is 3.12. The van der Waals surface area contributed by atoms with Crippen LogP contribution in [0.1, 0.15) is 46.4 Å². The van der Waals surface area contributed by atoms with Gasteiger partial charge in [-0.3, -0.25) is 9.69 Å². The molecule has 1 aliphatic carbocycles. The van der Waals surface area contributed by atoms with E-state index in [2.05, 4.69) is 37.1 Å². The van der Waals surface area contributed by atoms with Gasteiger partial charge < -0.3 is 14.4 Å². The third-order valence-corrected chi connectivity index (χ3v) is 4.63. The van der Waals surface area contributed by atoms with E-state index in [-0.39, 0.29) is 5.91 Å². The first-order valence-electron chi connectivity index (χ1n) is 9.16. The van der Waals surface area contributed by atoms with Gasteiger partial charge in [0.1, 0.15) is 0 Å². The van der Waals surface area contributed by atoms with E-state index in [0.717, 1.165) is 12.2 Å². The molecule has 27 heavy (non-hydrogen) atoms. The summed E-state index contributed by atoms with van der Waals surface area (Å²) in [6, 6.07) is 12.5. The van der Waals surface area contributed by atoms with Gasteiger partial charge in [-0.15, -0.1) is 0 Å². The van der Waals surface area contributed by atoms with Crippen molar-refractivity contribution in [2.24, 2.45) is 0 Å². The Hall–Kier alpha value is -2.93. The van der Waals surface area contributed by atoms with Gasteiger partial charge in [0.05, 0.1) is 25.1 Å². The van der Waals surface area contributed by atoms with Gasteiger partial charge in [-0.1, -0.05) is 35.5 Å². The van der Waals surface area contributed by atoms with Crippen molar-refractivity contribution in [1.82, 2.24) is 24.9 Å². The first-order chi connectivity index (χ1) is 13.2. The Morgan fingerprint density at radius 2 is 2.11 bits per heavy atom. The molecule has 0 saturated heterocycles. The average molecular weight is 365 g/mol. The Balaban J connectivity index is 1.30. The Labute approximate surface area is 158 Å². The number of aromatic nitrogens is 3. The molecule has 1 amide bonds. The zero-order valence-electron chi connectivity index (χ0n) is 15.3. The third-order valence-electron chi connectivity index (χ3n) is 4.63. The van der Waals surface area contributed by atoms with Crippen LogP contribution in [0.5, 0.6) is 0 Å². The summed E-state index contributed by atoms with van der Waals surface area (Å²) in [5.74, 6) is 0.431. The van der Waals surface area contributed by atoms with Crippen LogP contribution in [-0.4, -0.2) is 32.6 Å². The third kappa shape index (κ3) is 4.43. The summed E-state index contributed by atoms with van der Waals surface area (Å²) in [6.07, 6.45) is 5.99. The highest BCUT2D eigenvalue weighted by atomic mass is 16.5. The van der Waals surface area contributed by atoms with Crippen molar-refractivity contribution in [2.75, 3.05) is 7.05 Å². The van der Waals surface area contributed by atoms with Crippen LogP contribution in [0.3, 0.4) is 0 Å². The molecule has 1 N–H and O–H groups in total. The summed E-state index contributed by atoms with van der Waals surface area (Å²) < 4.78 is 7.47. The quantitative estimate of drug-likeness (QED) is 0.664. The van der Waals surface area contributed by atoms with Crippen LogP contribution in [0, 0.1) is 0 Å². The smallest absolute Gasteiger partial charge is 0.273 e. The van der Waals surface area contributed by atoms with E-state index in [1.54, 1.807) is 12.3 Å². The zero-order valence-corrected chi connectivity index (χ0v) is 15.3. The van der Waals surface area contributed by atoms with E-state index in [1.165, 1.54) is 18.4 Å². The van der Waals surface area contributed by atoms with E-state index in [9.17, 15) is 4.79 Å². The lowest BCUT2D eigenvalue weighted by Gasteiger charge is -2.14. The molecule has 140 valence electrons. The lowest BCUT2D eigenvalue weighted by Crippen LogP contribution is -2.24. The number of carbonyl (C=O) groups excluding carboxylic acids is 1. The molecule has 1 aromatic carbocycles. The lowest BCUT2D eigenvalue weighted by atomic mass is 10.2. The molecule has 0 spiro atoms. The second-order valence-corrected chi connectivity index (χ2v) is 7.04. The van der Waals surface area contributed by atoms with Crippen molar-refractivity contribution in [3.63, 3.8) is 0 Å². The summed E-state index contributed by atoms with van der Waals surface area (Å²) in [6.45, 7) is 1.82. The fourth-order valence-corrected chi connectivity index (χ4v) is 3.12. The Morgan fingerprint density at radius 3 is 2.89 bits per heavy atom. The second-order valence-electron chi connectivity index (χ2n) is 7.04. The van der Waals surface area contributed by atoms with E-state index < -0.39 is 0 Å². The molecule has 7 nitrogen and oxygen atoms in total. The summed E-state index contributed by atoms with van der Waals surface area (Å²) >= 11 is 0. The van der Waals surface area contributed by atoms with Crippen LogP contribution >= 0.6 is 0 Å². The van der Waals surface area contributed by atoms with E-state index in [0.29, 0.717) is 30.6 Å². The number of carbonyl (C=O) groups is 1. The van der Waals surface area contributed by atoms with Gasteiger partial charge in [0.15, 0.2) is 11.5 Å². The van der Waals surface area contributed by atoms with Crippen LogP contribution in [0.15, 0.2) is 53.4 Å².